The Kier molecular flexibility index (Phi) is 3.85. The van der Waals surface area contributed by atoms with E-state index in [-0.39, 0.29) is 17.8 Å². The highest BCUT2D eigenvalue weighted by molar-refractivity contribution is 6.01. The SMILES string of the molecule is N[C@H]1CN(C(=O)c2ccccc2-c2ccc(F)cc2)C[C@@H]1C1CC1. The van der Waals surface area contributed by atoms with Crippen molar-refractivity contribution in [3.05, 3.63) is 59.9 Å². The van der Waals surface area contributed by atoms with Crippen LogP contribution in [0.4, 0.5) is 4.39 Å². The number of nitrogens with two attached hydrogens (primary N) is 1. The maximum atomic E-state index is 13.2. The van der Waals surface area contributed by atoms with E-state index < -0.39 is 0 Å². The molecule has 3 nitrogen and oxygen atoms in total. The second-order valence-electron chi connectivity index (χ2n) is 6.93. The molecule has 2 fully saturated rings. The van der Waals surface area contributed by atoms with Crippen LogP contribution in [0.25, 0.3) is 11.1 Å². The molecule has 2 aliphatic rings. The smallest absolute Gasteiger partial charge is 0.254 e. The summed E-state index contributed by atoms with van der Waals surface area (Å²) < 4.78 is 13.2. The van der Waals surface area contributed by atoms with Crippen molar-refractivity contribution in [2.24, 2.45) is 17.6 Å². The summed E-state index contributed by atoms with van der Waals surface area (Å²) in [5.74, 6) is 0.881. The van der Waals surface area contributed by atoms with Gasteiger partial charge in [0.15, 0.2) is 0 Å². The lowest BCUT2D eigenvalue weighted by atomic mass is 9.98. The molecule has 124 valence electrons. The van der Waals surface area contributed by atoms with Crippen molar-refractivity contribution in [3.8, 4) is 11.1 Å². The topological polar surface area (TPSA) is 46.3 Å². The molecule has 0 radical (unpaired) electrons. The Hall–Kier alpha value is -2.20. The first kappa shape index (κ1) is 15.3. The highest BCUT2D eigenvalue weighted by atomic mass is 19.1. The fourth-order valence-corrected chi connectivity index (χ4v) is 3.76. The van der Waals surface area contributed by atoms with Gasteiger partial charge >= 0.3 is 0 Å². The summed E-state index contributed by atoms with van der Waals surface area (Å²) >= 11 is 0. The molecule has 1 saturated carbocycles. The fourth-order valence-electron chi connectivity index (χ4n) is 3.76. The van der Waals surface area contributed by atoms with E-state index in [9.17, 15) is 9.18 Å². The minimum Gasteiger partial charge on any atom is -0.337 e. The summed E-state index contributed by atoms with van der Waals surface area (Å²) in [5, 5.41) is 0. The van der Waals surface area contributed by atoms with Gasteiger partial charge in [-0.15, -0.1) is 0 Å². The summed E-state index contributed by atoms with van der Waals surface area (Å²) in [5.41, 5.74) is 8.60. The van der Waals surface area contributed by atoms with Gasteiger partial charge in [-0.25, -0.2) is 4.39 Å². The first-order chi connectivity index (χ1) is 11.6. The Bertz CT molecular complexity index is 754. The second-order valence-corrected chi connectivity index (χ2v) is 6.93. The van der Waals surface area contributed by atoms with Crippen molar-refractivity contribution in [2.45, 2.75) is 18.9 Å². The lowest BCUT2D eigenvalue weighted by Crippen LogP contribution is -2.32. The summed E-state index contributed by atoms with van der Waals surface area (Å²) in [6.07, 6.45) is 2.49. The van der Waals surface area contributed by atoms with E-state index in [0.29, 0.717) is 23.9 Å². The van der Waals surface area contributed by atoms with Gasteiger partial charge in [-0.05, 0) is 54.0 Å². The van der Waals surface area contributed by atoms with Gasteiger partial charge in [0.2, 0.25) is 0 Å². The molecule has 1 aliphatic carbocycles. The second kappa shape index (κ2) is 6.02. The molecule has 2 atom stereocenters. The molecule has 1 amide bonds. The van der Waals surface area contributed by atoms with E-state index in [2.05, 4.69) is 0 Å². The van der Waals surface area contributed by atoms with Gasteiger partial charge in [0, 0.05) is 24.7 Å². The van der Waals surface area contributed by atoms with Crippen LogP contribution in [0.5, 0.6) is 0 Å². The number of rotatable bonds is 3. The number of amides is 1. The lowest BCUT2D eigenvalue weighted by Gasteiger charge is -2.18. The van der Waals surface area contributed by atoms with Crippen LogP contribution in [0.15, 0.2) is 48.5 Å². The molecular weight excluding hydrogens is 303 g/mol. The molecule has 2 N–H and O–H groups in total. The Morgan fingerprint density at radius 2 is 1.75 bits per heavy atom. The Morgan fingerprint density at radius 3 is 2.46 bits per heavy atom. The Labute approximate surface area is 141 Å². The zero-order valence-corrected chi connectivity index (χ0v) is 13.5. The highest BCUT2D eigenvalue weighted by Gasteiger charge is 2.42. The van der Waals surface area contributed by atoms with Crippen molar-refractivity contribution < 1.29 is 9.18 Å². The van der Waals surface area contributed by atoms with E-state index in [0.717, 1.165) is 17.7 Å². The largest absolute Gasteiger partial charge is 0.337 e. The number of nitrogens with zero attached hydrogens (tertiary/aromatic N) is 1. The molecule has 4 heteroatoms. The Balaban J connectivity index is 1.62. The van der Waals surface area contributed by atoms with Gasteiger partial charge in [0.25, 0.3) is 5.91 Å². The third-order valence-corrected chi connectivity index (χ3v) is 5.24. The molecule has 0 unspecified atom stereocenters. The van der Waals surface area contributed by atoms with Crippen LogP contribution in [0.1, 0.15) is 23.2 Å². The van der Waals surface area contributed by atoms with E-state index in [4.69, 9.17) is 5.73 Å². The van der Waals surface area contributed by atoms with Crippen LogP contribution in [0.2, 0.25) is 0 Å². The summed E-state index contributed by atoms with van der Waals surface area (Å²) in [7, 11) is 0. The number of likely N-dealkylation sites (tertiary alicyclic amines) is 1. The average Bonchev–Trinajstić information content (AvgIpc) is 3.37. The van der Waals surface area contributed by atoms with Crippen molar-refractivity contribution >= 4 is 5.91 Å². The first-order valence-electron chi connectivity index (χ1n) is 8.53. The summed E-state index contributed by atoms with van der Waals surface area (Å²) in [6.45, 7) is 1.38. The molecule has 1 heterocycles. The number of benzene rings is 2. The van der Waals surface area contributed by atoms with Crippen LogP contribution < -0.4 is 5.73 Å². The van der Waals surface area contributed by atoms with Gasteiger partial charge in [0.05, 0.1) is 0 Å². The first-order valence-corrected chi connectivity index (χ1v) is 8.53. The van der Waals surface area contributed by atoms with E-state index in [1.165, 1.54) is 25.0 Å². The molecule has 0 spiro atoms. The molecule has 1 aliphatic heterocycles. The van der Waals surface area contributed by atoms with Gasteiger partial charge < -0.3 is 10.6 Å². The monoisotopic (exact) mass is 324 g/mol. The predicted octanol–water partition coefficient (Wildman–Crippen LogP) is 3.30. The van der Waals surface area contributed by atoms with Crippen LogP contribution in [-0.2, 0) is 0 Å². The van der Waals surface area contributed by atoms with Crippen molar-refractivity contribution in [2.75, 3.05) is 13.1 Å². The van der Waals surface area contributed by atoms with Gasteiger partial charge in [0.1, 0.15) is 5.82 Å². The van der Waals surface area contributed by atoms with Crippen molar-refractivity contribution in [1.82, 2.24) is 4.90 Å². The van der Waals surface area contributed by atoms with Gasteiger partial charge in [-0.2, -0.15) is 0 Å². The van der Waals surface area contributed by atoms with Crippen LogP contribution in [0, 0.1) is 17.7 Å². The molecule has 0 bridgehead atoms. The van der Waals surface area contributed by atoms with Crippen LogP contribution in [-0.4, -0.2) is 29.9 Å². The zero-order chi connectivity index (χ0) is 16.7. The standard InChI is InChI=1S/C20H21FN2O/c21-15-9-7-13(8-10-15)16-3-1-2-4-17(16)20(24)23-11-18(14-5-6-14)19(22)12-23/h1-4,7-10,14,18-19H,5-6,11-12,22H2/t18-,19+/m1/s1. The lowest BCUT2D eigenvalue weighted by molar-refractivity contribution is 0.0785. The van der Waals surface area contributed by atoms with Crippen molar-refractivity contribution in [3.63, 3.8) is 0 Å². The molecule has 2 aromatic carbocycles. The van der Waals surface area contributed by atoms with E-state index in [1.807, 2.05) is 29.2 Å². The fraction of sp³-hybridized carbons (Fsp3) is 0.350. The quantitative estimate of drug-likeness (QED) is 0.941. The molecular formula is C20H21FN2O. The van der Waals surface area contributed by atoms with E-state index in [1.54, 1.807) is 12.1 Å². The number of carbonyl (C=O) groups excluding carboxylic acids is 1. The molecule has 4 rings (SSSR count). The zero-order valence-electron chi connectivity index (χ0n) is 13.5. The number of hydrogen-bond donors (Lipinski definition) is 1. The third kappa shape index (κ3) is 2.82. The minimum atomic E-state index is -0.277. The maximum absolute atomic E-state index is 13.2. The average molecular weight is 324 g/mol. The normalized spacial score (nSPS) is 23.5. The minimum absolute atomic E-state index is 0.0218. The third-order valence-electron chi connectivity index (χ3n) is 5.24. The van der Waals surface area contributed by atoms with Crippen LogP contribution in [0.3, 0.4) is 0 Å². The number of carbonyl (C=O) groups is 1. The number of hydrogen-bond acceptors (Lipinski definition) is 2. The predicted molar refractivity (Wildman–Crippen MR) is 91.9 cm³/mol. The summed E-state index contributed by atoms with van der Waals surface area (Å²) in [6, 6.07) is 13.9. The summed E-state index contributed by atoms with van der Waals surface area (Å²) in [4.78, 5) is 14.9. The molecule has 24 heavy (non-hydrogen) atoms. The Morgan fingerprint density at radius 1 is 1.04 bits per heavy atom. The maximum Gasteiger partial charge on any atom is 0.254 e. The highest BCUT2D eigenvalue weighted by Crippen LogP contribution is 2.41. The van der Waals surface area contributed by atoms with Crippen LogP contribution >= 0.6 is 0 Å². The molecule has 2 aromatic rings. The van der Waals surface area contributed by atoms with Crippen molar-refractivity contribution in [1.29, 1.82) is 0 Å². The molecule has 1 saturated heterocycles. The van der Waals surface area contributed by atoms with E-state index >= 15 is 0 Å². The number of halogens is 1. The molecule has 0 aromatic heterocycles. The van der Waals surface area contributed by atoms with Gasteiger partial charge in [-0.3, -0.25) is 4.79 Å². The van der Waals surface area contributed by atoms with Gasteiger partial charge in [-0.1, -0.05) is 30.3 Å².